The minimum atomic E-state index is -4.89. The van der Waals surface area contributed by atoms with E-state index in [0.29, 0.717) is 4.68 Å². The second-order valence-corrected chi connectivity index (χ2v) is 6.28. The minimum Gasteiger partial charge on any atom is -0.319 e. The van der Waals surface area contributed by atoms with Gasteiger partial charge in [0.25, 0.3) is 5.91 Å². The van der Waals surface area contributed by atoms with Crippen LogP contribution in [0.3, 0.4) is 0 Å². The second kappa shape index (κ2) is 7.14. The summed E-state index contributed by atoms with van der Waals surface area (Å²) in [5, 5.41) is 4.74. The number of phosphoric ester groups is 1. The van der Waals surface area contributed by atoms with Gasteiger partial charge in [-0.15, -0.1) is 0 Å². The molecule has 24 heavy (non-hydrogen) atoms. The van der Waals surface area contributed by atoms with Crippen LogP contribution in [-0.4, -0.2) is 25.5 Å². The van der Waals surface area contributed by atoms with E-state index in [1.807, 2.05) is 0 Å². The predicted molar refractivity (Wildman–Crippen MR) is 79.7 cm³/mol. The first kappa shape index (κ1) is 18.8. The number of nitrogens with zero attached hydrogens (tertiary/aromatic N) is 2. The Hall–Kier alpha value is -1.55. The number of carbonyl (C=O) groups is 1. The molecule has 130 valence electrons. The van der Waals surface area contributed by atoms with Gasteiger partial charge in [-0.3, -0.25) is 9.32 Å². The topological polar surface area (TPSA) is 114 Å². The summed E-state index contributed by atoms with van der Waals surface area (Å²) in [5.41, 5.74) is -0.781. The van der Waals surface area contributed by atoms with Crippen LogP contribution in [0.25, 0.3) is 0 Å². The van der Waals surface area contributed by atoms with E-state index in [0.717, 1.165) is 18.2 Å². The fraction of sp³-hybridized carbons (Fsp3) is 0.0909. The molecule has 0 aliphatic carbocycles. The summed E-state index contributed by atoms with van der Waals surface area (Å²) >= 11 is 11.2. The molecule has 8 nitrogen and oxygen atoms in total. The summed E-state index contributed by atoms with van der Waals surface area (Å²) in [6, 6.07) is 3.08. The third-order valence-corrected chi connectivity index (χ3v) is 3.60. The summed E-state index contributed by atoms with van der Waals surface area (Å²) in [4.78, 5) is 29.5. The summed E-state index contributed by atoms with van der Waals surface area (Å²) in [6.07, 6.45) is 0. The van der Waals surface area contributed by atoms with E-state index in [4.69, 9.17) is 33.0 Å². The highest BCUT2D eigenvalue weighted by Crippen LogP contribution is 2.36. The van der Waals surface area contributed by atoms with Crippen molar-refractivity contribution in [1.82, 2.24) is 9.78 Å². The Labute approximate surface area is 143 Å². The van der Waals surface area contributed by atoms with Gasteiger partial charge in [0, 0.05) is 0 Å². The maximum Gasteiger partial charge on any atom is 0.471 e. The van der Waals surface area contributed by atoms with Crippen molar-refractivity contribution in [3.8, 4) is 0 Å². The molecule has 2 rings (SSSR count). The van der Waals surface area contributed by atoms with Crippen LogP contribution in [0.2, 0.25) is 10.2 Å². The summed E-state index contributed by atoms with van der Waals surface area (Å²) in [6.45, 7) is -0.937. The number of anilines is 1. The fourth-order valence-electron chi connectivity index (χ4n) is 1.62. The zero-order valence-corrected chi connectivity index (χ0v) is 13.8. The molecule has 0 unspecified atom stereocenters. The molecule has 0 bridgehead atoms. The molecule has 0 saturated carbocycles. The summed E-state index contributed by atoms with van der Waals surface area (Å²) < 4.78 is 42.3. The quantitative estimate of drug-likeness (QED) is 0.663. The van der Waals surface area contributed by atoms with E-state index in [2.05, 4.69) is 14.9 Å². The van der Waals surface area contributed by atoms with Crippen LogP contribution in [0.5, 0.6) is 0 Å². The van der Waals surface area contributed by atoms with Crippen LogP contribution < -0.4 is 5.32 Å². The van der Waals surface area contributed by atoms with Gasteiger partial charge in [-0.2, -0.15) is 5.10 Å². The van der Waals surface area contributed by atoms with Crippen LogP contribution in [-0.2, 0) is 15.8 Å². The van der Waals surface area contributed by atoms with Crippen LogP contribution in [0.15, 0.2) is 18.2 Å². The number of rotatable bonds is 5. The molecule has 1 aromatic carbocycles. The molecule has 2 aromatic rings. The second-order valence-electron chi connectivity index (χ2n) is 4.28. The molecule has 0 fully saturated rings. The van der Waals surface area contributed by atoms with Crippen molar-refractivity contribution < 1.29 is 32.5 Å². The Balaban J connectivity index is 2.29. The average molecular weight is 402 g/mol. The molecule has 1 aromatic heterocycles. The first-order chi connectivity index (χ1) is 11.1. The van der Waals surface area contributed by atoms with Crippen molar-refractivity contribution in [2.75, 3.05) is 5.32 Å². The van der Waals surface area contributed by atoms with Gasteiger partial charge >= 0.3 is 7.82 Å². The minimum absolute atomic E-state index is 0.0257. The first-order valence-corrected chi connectivity index (χ1v) is 8.25. The lowest BCUT2D eigenvalue weighted by atomic mass is 10.3. The van der Waals surface area contributed by atoms with Crippen molar-refractivity contribution in [1.29, 1.82) is 0 Å². The molecule has 0 atom stereocenters. The zero-order valence-electron chi connectivity index (χ0n) is 11.4. The molecule has 0 aliphatic heterocycles. The van der Waals surface area contributed by atoms with Crippen LogP contribution in [0.1, 0.15) is 10.5 Å². The van der Waals surface area contributed by atoms with E-state index in [1.54, 1.807) is 0 Å². The van der Waals surface area contributed by atoms with Crippen molar-refractivity contribution in [3.05, 3.63) is 45.7 Å². The molecule has 13 heteroatoms. The highest BCUT2D eigenvalue weighted by Gasteiger charge is 2.25. The summed E-state index contributed by atoms with van der Waals surface area (Å²) in [5.74, 6) is -2.97. The number of nitrogens with one attached hydrogen (secondary N) is 1. The molecule has 3 N–H and O–H groups in total. The van der Waals surface area contributed by atoms with Gasteiger partial charge in [0.05, 0.1) is 10.7 Å². The third kappa shape index (κ3) is 4.50. The molecule has 0 aliphatic rings. The van der Waals surface area contributed by atoms with Gasteiger partial charge in [-0.05, 0) is 18.2 Å². The number of aromatic nitrogens is 2. The van der Waals surface area contributed by atoms with Crippen LogP contribution >= 0.6 is 31.0 Å². The zero-order chi connectivity index (χ0) is 18.1. The Kier molecular flexibility index (Phi) is 5.59. The van der Waals surface area contributed by atoms with Crippen molar-refractivity contribution in [2.24, 2.45) is 0 Å². The molecule has 1 heterocycles. The number of carbonyl (C=O) groups excluding carboxylic acids is 1. The molecule has 0 spiro atoms. The molecule has 0 saturated heterocycles. The monoisotopic (exact) mass is 401 g/mol. The largest absolute Gasteiger partial charge is 0.471 e. The van der Waals surface area contributed by atoms with Gasteiger partial charge in [0.2, 0.25) is 0 Å². The van der Waals surface area contributed by atoms with Crippen LogP contribution in [0, 0.1) is 11.6 Å². The lowest BCUT2D eigenvalue weighted by Crippen LogP contribution is -2.20. The number of halogens is 4. The third-order valence-electron chi connectivity index (χ3n) is 2.60. The Morgan fingerprint density at radius 3 is 2.62 bits per heavy atom. The van der Waals surface area contributed by atoms with E-state index in [-0.39, 0.29) is 10.7 Å². The Morgan fingerprint density at radius 1 is 1.38 bits per heavy atom. The number of hydrogen-bond donors (Lipinski definition) is 3. The van der Waals surface area contributed by atoms with E-state index in [9.17, 15) is 18.1 Å². The lowest BCUT2D eigenvalue weighted by Gasteiger charge is -2.10. The summed E-state index contributed by atoms with van der Waals surface area (Å²) in [7, 11) is -4.89. The number of amides is 1. The Bertz CT molecular complexity index is 841. The Morgan fingerprint density at radius 2 is 2.04 bits per heavy atom. The smallest absolute Gasteiger partial charge is 0.319 e. The van der Waals surface area contributed by atoms with Gasteiger partial charge in [0.1, 0.15) is 5.82 Å². The SMILES string of the molecule is O=C(Nc1ccc(F)cc1Cl)c1c(F)c(Cl)nn1COP(=O)(O)O. The number of benzene rings is 1. The van der Waals surface area contributed by atoms with Crippen molar-refractivity contribution >= 4 is 42.6 Å². The molecule has 0 radical (unpaired) electrons. The van der Waals surface area contributed by atoms with Gasteiger partial charge in [-0.25, -0.2) is 18.0 Å². The number of phosphoric acid groups is 1. The lowest BCUT2D eigenvalue weighted by molar-refractivity contribution is 0.0982. The van der Waals surface area contributed by atoms with Crippen LogP contribution in [0.4, 0.5) is 14.5 Å². The normalized spacial score (nSPS) is 11.6. The molecular weight excluding hydrogens is 394 g/mol. The predicted octanol–water partition coefficient (Wildman–Crippen LogP) is 2.79. The average Bonchev–Trinajstić information content (AvgIpc) is 2.74. The van der Waals surface area contributed by atoms with Gasteiger partial charge < -0.3 is 15.1 Å². The van der Waals surface area contributed by atoms with E-state index < -0.39 is 42.9 Å². The van der Waals surface area contributed by atoms with Gasteiger partial charge in [-0.1, -0.05) is 23.2 Å². The first-order valence-electron chi connectivity index (χ1n) is 5.97. The maximum atomic E-state index is 13.9. The molecule has 1 amide bonds. The molecular formula is C11H8Cl2F2N3O5P. The van der Waals surface area contributed by atoms with E-state index >= 15 is 0 Å². The van der Waals surface area contributed by atoms with Gasteiger partial charge in [0.15, 0.2) is 23.4 Å². The highest BCUT2D eigenvalue weighted by molar-refractivity contribution is 7.46. The van der Waals surface area contributed by atoms with Crippen molar-refractivity contribution in [3.63, 3.8) is 0 Å². The van der Waals surface area contributed by atoms with Crippen molar-refractivity contribution in [2.45, 2.75) is 6.73 Å². The maximum absolute atomic E-state index is 13.9. The van der Waals surface area contributed by atoms with E-state index in [1.165, 1.54) is 0 Å². The fourth-order valence-corrected chi connectivity index (χ4v) is 2.28. The highest BCUT2D eigenvalue weighted by atomic mass is 35.5. The number of hydrogen-bond acceptors (Lipinski definition) is 4. The standard InChI is InChI=1S/C11H8Cl2F2N3O5P/c12-6-3-5(14)1-2-7(6)16-11(19)9-8(15)10(13)17-18(9)4-23-24(20,21)22/h1-3H,4H2,(H,16,19)(H2,20,21,22).